The van der Waals surface area contributed by atoms with Crippen LogP contribution in [0.1, 0.15) is 28.4 Å². The van der Waals surface area contributed by atoms with Gasteiger partial charge in [0.15, 0.2) is 0 Å². The van der Waals surface area contributed by atoms with Gasteiger partial charge in [0.05, 0.1) is 0 Å². The molecule has 1 aromatic heterocycles. The molecule has 3 aromatic rings. The van der Waals surface area contributed by atoms with Crippen molar-refractivity contribution in [3.63, 3.8) is 0 Å². The van der Waals surface area contributed by atoms with Crippen molar-refractivity contribution < 1.29 is 9.53 Å². The smallest absolute Gasteiger partial charge is 0.254 e. The first-order valence-corrected chi connectivity index (χ1v) is 10.2. The quantitative estimate of drug-likeness (QED) is 0.653. The first kappa shape index (κ1) is 19.9. The molecular formula is C24H26N4O2. The molecule has 2 heterocycles. The minimum atomic E-state index is 0.0725. The van der Waals surface area contributed by atoms with Gasteiger partial charge in [-0.25, -0.2) is 9.97 Å². The van der Waals surface area contributed by atoms with E-state index < -0.39 is 0 Å². The van der Waals surface area contributed by atoms with E-state index in [0.717, 1.165) is 28.3 Å². The normalized spacial score (nSPS) is 16.4. The number of rotatable bonds is 4. The highest BCUT2D eigenvalue weighted by atomic mass is 16.5. The molecule has 30 heavy (non-hydrogen) atoms. The number of nitrogens with zero attached hydrogens (tertiary/aromatic N) is 4. The van der Waals surface area contributed by atoms with Crippen LogP contribution in [0.15, 0.2) is 60.9 Å². The number of hydrogen-bond acceptors (Lipinski definition) is 5. The van der Waals surface area contributed by atoms with Crippen LogP contribution in [-0.4, -0.2) is 46.5 Å². The SMILES string of the molecule is Cc1ccc(C(=O)N2CCN(c3cc(Oc4ccccc4C)ncn3)C[C@@H]2C)cc1. The lowest BCUT2D eigenvalue weighted by atomic mass is 10.1. The largest absolute Gasteiger partial charge is 0.439 e. The van der Waals surface area contributed by atoms with Gasteiger partial charge in [0, 0.05) is 37.3 Å². The van der Waals surface area contributed by atoms with Gasteiger partial charge in [-0.05, 0) is 44.5 Å². The number of carbonyl (C=O) groups is 1. The third-order valence-corrected chi connectivity index (χ3v) is 5.45. The fourth-order valence-electron chi connectivity index (χ4n) is 3.67. The number of ether oxygens (including phenoxy) is 1. The number of amides is 1. The summed E-state index contributed by atoms with van der Waals surface area (Å²) < 4.78 is 5.95. The van der Waals surface area contributed by atoms with Crippen LogP contribution >= 0.6 is 0 Å². The zero-order chi connectivity index (χ0) is 21.1. The van der Waals surface area contributed by atoms with Crippen LogP contribution < -0.4 is 9.64 Å². The monoisotopic (exact) mass is 402 g/mol. The zero-order valence-electron chi connectivity index (χ0n) is 17.6. The van der Waals surface area contributed by atoms with Gasteiger partial charge in [-0.2, -0.15) is 0 Å². The molecule has 1 aliphatic rings. The molecule has 0 bridgehead atoms. The summed E-state index contributed by atoms with van der Waals surface area (Å²) in [5.41, 5.74) is 2.93. The predicted octanol–water partition coefficient (Wildman–Crippen LogP) is 4.24. The van der Waals surface area contributed by atoms with Crippen LogP contribution in [0.4, 0.5) is 5.82 Å². The third kappa shape index (κ3) is 4.27. The lowest BCUT2D eigenvalue weighted by molar-refractivity contribution is 0.0673. The van der Waals surface area contributed by atoms with Crippen molar-refractivity contribution in [2.45, 2.75) is 26.8 Å². The number of anilines is 1. The van der Waals surface area contributed by atoms with E-state index in [4.69, 9.17) is 4.74 Å². The number of hydrogen-bond donors (Lipinski definition) is 0. The Bertz CT molecular complexity index is 1040. The van der Waals surface area contributed by atoms with Gasteiger partial charge in [-0.3, -0.25) is 4.79 Å². The maximum atomic E-state index is 12.9. The Hall–Kier alpha value is -3.41. The van der Waals surface area contributed by atoms with Crippen LogP contribution in [0.5, 0.6) is 11.6 Å². The Morgan fingerprint density at radius 3 is 2.53 bits per heavy atom. The molecule has 154 valence electrons. The number of aromatic nitrogens is 2. The van der Waals surface area contributed by atoms with E-state index >= 15 is 0 Å². The molecule has 1 fully saturated rings. The molecule has 6 nitrogen and oxygen atoms in total. The summed E-state index contributed by atoms with van der Waals surface area (Å²) in [7, 11) is 0. The molecule has 6 heteroatoms. The van der Waals surface area contributed by atoms with Gasteiger partial charge < -0.3 is 14.5 Å². The molecule has 0 N–H and O–H groups in total. The number of carbonyl (C=O) groups excluding carboxylic acids is 1. The summed E-state index contributed by atoms with van der Waals surface area (Å²) in [4.78, 5) is 25.7. The van der Waals surface area contributed by atoms with Crippen LogP contribution in [-0.2, 0) is 0 Å². The molecule has 1 aliphatic heterocycles. The van der Waals surface area contributed by atoms with E-state index in [-0.39, 0.29) is 11.9 Å². The molecule has 0 unspecified atom stereocenters. The summed E-state index contributed by atoms with van der Waals surface area (Å²) in [5.74, 6) is 2.18. The summed E-state index contributed by atoms with van der Waals surface area (Å²) in [6.45, 7) is 8.16. The average molecular weight is 402 g/mol. The lowest BCUT2D eigenvalue weighted by Crippen LogP contribution is -2.54. The van der Waals surface area contributed by atoms with Gasteiger partial charge >= 0.3 is 0 Å². The molecule has 0 spiro atoms. The summed E-state index contributed by atoms with van der Waals surface area (Å²) in [5, 5.41) is 0. The molecule has 1 atom stereocenters. The van der Waals surface area contributed by atoms with E-state index in [1.165, 1.54) is 6.33 Å². The van der Waals surface area contributed by atoms with Crippen molar-refractivity contribution in [1.29, 1.82) is 0 Å². The molecule has 1 amide bonds. The van der Waals surface area contributed by atoms with Crippen LogP contribution in [0.25, 0.3) is 0 Å². The molecule has 0 saturated carbocycles. The highest BCUT2D eigenvalue weighted by molar-refractivity contribution is 5.94. The lowest BCUT2D eigenvalue weighted by Gasteiger charge is -2.40. The van der Waals surface area contributed by atoms with Crippen molar-refractivity contribution in [2.24, 2.45) is 0 Å². The summed E-state index contributed by atoms with van der Waals surface area (Å²) >= 11 is 0. The van der Waals surface area contributed by atoms with Crippen molar-refractivity contribution in [1.82, 2.24) is 14.9 Å². The number of benzene rings is 2. The fourth-order valence-corrected chi connectivity index (χ4v) is 3.67. The Morgan fingerprint density at radius 2 is 1.80 bits per heavy atom. The van der Waals surface area contributed by atoms with E-state index in [2.05, 4.69) is 21.8 Å². The molecule has 0 radical (unpaired) electrons. The van der Waals surface area contributed by atoms with E-state index in [0.29, 0.717) is 25.5 Å². The molecule has 0 aliphatic carbocycles. The Kier molecular flexibility index (Phi) is 5.65. The summed E-state index contributed by atoms with van der Waals surface area (Å²) in [6, 6.07) is 17.5. The topological polar surface area (TPSA) is 58.6 Å². The Labute approximate surface area is 177 Å². The van der Waals surface area contributed by atoms with Crippen LogP contribution in [0.2, 0.25) is 0 Å². The van der Waals surface area contributed by atoms with Gasteiger partial charge in [0.1, 0.15) is 17.9 Å². The maximum absolute atomic E-state index is 12.9. The molecular weight excluding hydrogens is 376 g/mol. The van der Waals surface area contributed by atoms with Gasteiger partial charge in [-0.15, -0.1) is 0 Å². The number of aryl methyl sites for hydroxylation is 2. The van der Waals surface area contributed by atoms with E-state index in [1.807, 2.05) is 73.3 Å². The van der Waals surface area contributed by atoms with Crippen LogP contribution in [0, 0.1) is 13.8 Å². The minimum absolute atomic E-state index is 0.0725. The fraction of sp³-hybridized carbons (Fsp3) is 0.292. The zero-order valence-corrected chi connectivity index (χ0v) is 17.6. The summed E-state index contributed by atoms with van der Waals surface area (Å²) in [6.07, 6.45) is 1.53. The molecule has 4 rings (SSSR count). The third-order valence-electron chi connectivity index (χ3n) is 5.45. The minimum Gasteiger partial charge on any atom is -0.439 e. The van der Waals surface area contributed by atoms with Crippen molar-refractivity contribution in [3.8, 4) is 11.6 Å². The van der Waals surface area contributed by atoms with E-state index in [9.17, 15) is 4.79 Å². The van der Waals surface area contributed by atoms with Gasteiger partial charge in [0.2, 0.25) is 5.88 Å². The van der Waals surface area contributed by atoms with Crippen molar-refractivity contribution >= 4 is 11.7 Å². The molecule has 1 saturated heterocycles. The first-order valence-electron chi connectivity index (χ1n) is 10.2. The standard InChI is InChI=1S/C24H26N4O2/c1-17-8-10-20(11-9-17)24(29)28-13-12-27(15-19(28)3)22-14-23(26-16-25-22)30-21-7-5-4-6-18(21)2/h4-11,14,16,19H,12-13,15H2,1-3H3/t19-/m0/s1. The first-order chi connectivity index (χ1) is 14.5. The second kappa shape index (κ2) is 8.53. The van der Waals surface area contributed by atoms with Crippen molar-refractivity contribution in [2.75, 3.05) is 24.5 Å². The van der Waals surface area contributed by atoms with Gasteiger partial charge in [0.25, 0.3) is 5.91 Å². The highest BCUT2D eigenvalue weighted by Gasteiger charge is 2.29. The second-order valence-electron chi connectivity index (χ2n) is 7.74. The maximum Gasteiger partial charge on any atom is 0.254 e. The highest BCUT2D eigenvalue weighted by Crippen LogP contribution is 2.26. The predicted molar refractivity (Wildman–Crippen MR) is 117 cm³/mol. The van der Waals surface area contributed by atoms with E-state index in [1.54, 1.807) is 0 Å². The molecule has 2 aromatic carbocycles. The van der Waals surface area contributed by atoms with Gasteiger partial charge in [-0.1, -0.05) is 35.9 Å². The Morgan fingerprint density at radius 1 is 1.03 bits per heavy atom. The number of piperazine rings is 1. The number of para-hydroxylation sites is 1. The van der Waals surface area contributed by atoms with Crippen LogP contribution in [0.3, 0.4) is 0 Å². The average Bonchev–Trinajstić information content (AvgIpc) is 2.75. The Balaban J connectivity index is 1.45. The second-order valence-corrected chi connectivity index (χ2v) is 7.74. The van der Waals surface area contributed by atoms with Crippen molar-refractivity contribution in [3.05, 3.63) is 77.6 Å².